The third-order valence-electron chi connectivity index (χ3n) is 3.06. The standard InChI is InChI=1S/C16H23FO2/c1-2-3-4-5-6-7-8-13-19-16(18)14-9-11-15(17)12-10-14/h9-12H,2-8,13H2,1H3. The van der Waals surface area contributed by atoms with Crippen LogP contribution in [0.4, 0.5) is 4.39 Å². The summed E-state index contributed by atoms with van der Waals surface area (Å²) in [5.41, 5.74) is 0.407. The number of ether oxygens (including phenoxy) is 1. The van der Waals surface area contributed by atoms with Crippen molar-refractivity contribution in [2.75, 3.05) is 6.61 Å². The summed E-state index contributed by atoms with van der Waals surface area (Å²) in [5, 5.41) is 0. The molecule has 0 radical (unpaired) electrons. The number of benzene rings is 1. The lowest BCUT2D eigenvalue weighted by molar-refractivity contribution is 0.0497. The van der Waals surface area contributed by atoms with Crippen molar-refractivity contribution in [1.29, 1.82) is 0 Å². The van der Waals surface area contributed by atoms with E-state index in [9.17, 15) is 9.18 Å². The van der Waals surface area contributed by atoms with E-state index in [0.29, 0.717) is 12.2 Å². The van der Waals surface area contributed by atoms with Crippen LogP contribution in [0.25, 0.3) is 0 Å². The van der Waals surface area contributed by atoms with E-state index in [1.807, 2.05) is 0 Å². The van der Waals surface area contributed by atoms with Crippen LogP contribution in [0.1, 0.15) is 62.2 Å². The molecule has 0 aliphatic carbocycles. The fourth-order valence-electron chi connectivity index (χ4n) is 1.89. The van der Waals surface area contributed by atoms with Crippen LogP contribution in [0.5, 0.6) is 0 Å². The number of esters is 1. The molecule has 1 aromatic carbocycles. The van der Waals surface area contributed by atoms with Crippen LogP contribution in [-0.4, -0.2) is 12.6 Å². The Labute approximate surface area is 115 Å². The number of rotatable bonds is 9. The second-order valence-electron chi connectivity index (χ2n) is 4.76. The van der Waals surface area contributed by atoms with Gasteiger partial charge in [0.2, 0.25) is 0 Å². The summed E-state index contributed by atoms with van der Waals surface area (Å²) in [5.74, 6) is -0.713. The number of unbranched alkanes of at least 4 members (excludes halogenated alkanes) is 6. The minimum Gasteiger partial charge on any atom is -0.462 e. The average Bonchev–Trinajstić information content (AvgIpc) is 2.42. The number of hydrogen-bond donors (Lipinski definition) is 0. The largest absolute Gasteiger partial charge is 0.462 e. The zero-order valence-electron chi connectivity index (χ0n) is 11.7. The van der Waals surface area contributed by atoms with E-state index in [4.69, 9.17) is 4.74 Å². The molecule has 0 aliphatic heterocycles. The van der Waals surface area contributed by atoms with Gasteiger partial charge >= 0.3 is 5.97 Å². The quantitative estimate of drug-likeness (QED) is 0.477. The van der Waals surface area contributed by atoms with Gasteiger partial charge in [0.05, 0.1) is 12.2 Å². The number of hydrogen-bond acceptors (Lipinski definition) is 2. The second kappa shape index (κ2) is 9.54. The zero-order chi connectivity index (χ0) is 13.9. The number of carbonyl (C=O) groups is 1. The average molecular weight is 266 g/mol. The molecule has 0 aliphatic rings. The molecule has 0 amide bonds. The van der Waals surface area contributed by atoms with Gasteiger partial charge in [-0.15, -0.1) is 0 Å². The first kappa shape index (κ1) is 15.7. The fourth-order valence-corrected chi connectivity index (χ4v) is 1.89. The highest BCUT2D eigenvalue weighted by atomic mass is 19.1. The van der Waals surface area contributed by atoms with Gasteiger partial charge in [-0.2, -0.15) is 0 Å². The first-order valence-electron chi connectivity index (χ1n) is 7.16. The smallest absolute Gasteiger partial charge is 0.338 e. The molecule has 2 nitrogen and oxygen atoms in total. The van der Waals surface area contributed by atoms with Gasteiger partial charge in [0.1, 0.15) is 5.82 Å². The first-order chi connectivity index (χ1) is 9.24. The Morgan fingerprint density at radius 2 is 1.58 bits per heavy atom. The van der Waals surface area contributed by atoms with Crippen molar-refractivity contribution < 1.29 is 13.9 Å². The second-order valence-corrected chi connectivity index (χ2v) is 4.76. The van der Waals surface area contributed by atoms with E-state index in [1.54, 1.807) is 0 Å². The predicted molar refractivity (Wildman–Crippen MR) is 74.7 cm³/mol. The highest BCUT2D eigenvalue weighted by molar-refractivity contribution is 5.89. The zero-order valence-corrected chi connectivity index (χ0v) is 11.7. The lowest BCUT2D eigenvalue weighted by atomic mass is 10.1. The van der Waals surface area contributed by atoms with E-state index in [-0.39, 0.29) is 11.8 Å². The van der Waals surface area contributed by atoms with E-state index >= 15 is 0 Å². The minimum absolute atomic E-state index is 0.344. The van der Waals surface area contributed by atoms with Gasteiger partial charge in [0.25, 0.3) is 0 Å². The number of carbonyl (C=O) groups excluding carboxylic acids is 1. The lowest BCUT2D eigenvalue weighted by Gasteiger charge is -2.05. The van der Waals surface area contributed by atoms with E-state index in [2.05, 4.69) is 6.92 Å². The van der Waals surface area contributed by atoms with Gasteiger partial charge < -0.3 is 4.74 Å². The van der Waals surface area contributed by atoms with Gasteiger partial charge in [-0.3, -0.25) is 0 Å². The summed E-state index contributed by atoms with van der Waals surface area (Å²) in [4.78, 5) is 11.6. The maximum atomic E-state index is 12.7. The van der Waals surface area contributed by atoms with Crippen LogP contribution < -0.4 is 0 Å². The Morgan fingerprint density at radius 1 is 1.00 bits per heavy atom. The minimum atomic E-state index is -0.369. The molecule has 0 saturated heterocycles. The monoisotopic (exact) mass is 266 g/mol. The molecule has 106 valence electrons. The topological polar surface area (TPSA) is 26.3 Å². The normalized spacial score (nSPS) is 10.4. The summed E-state index contributed by atoms with van der Waals surface area (Å²) in [6.45, 7) is 2.65. The Bertz CT molecular complexity index is 360. The molecule has 0 fully saturated rings. The molecule has 0 heterocycles. The number of halogens is 1. The third-order valence-corrected chi connectivity index (χ3v) is 3.06. The molecule has 3 heteroatoms. The molecule has 0 spiro atoms. The van der Waals surface area contributed by atoms with Crippen LogP contribution in [0.15, 0.2) is 24.3 Å². The van der Waals surface area contributed by atoms with Crippen molar-refractivity contribution in [1.82, 2.24) is 0 Å². The maximum Gasteiger partial charge on any atom is 0.338 e. The van der Waals surface area contributed by atoms with Crippen molar-refractivity contribution in [2.45, 2.75) is 51.9 Å². The molecule has 0 unspecified atom stereocenters. The van der Waals surface area contributed by atoms with Crippen molar-refractivity contribution in [3.8, 4) is 0 Å². The molecule has 19 heavy (non-hydrogen) atoms. The van der Waals surface area contributed by atoms with Crippen molar-refractivity contribution in [2.24, 2.45) is 0 Å². The summed E-state index contributed by atoms with van der Waals surface area (Å²) >= 11 is 0. The molecule has 0 N–H and O–H groups in total. The van der Waals surface area contributed by atoms with Gasteiger partial charge in [-0.05, 0) is 30.7 Å². The Balaban J connectivity index is 2.06. The first-order valence-corrected chi connectivity index (χ1v) is 7.16. The van der Waals surface area contributed by atoms with Crippen molar-refractivity contribution in [3.63, 3.8) is 0 Å². The summed E-state index contributed by atoms with van der Waals surface area (Å²) in [6, 6.07) is 5.43. The van der Waals surface area contributed by atoms with Gasteiger partial charge in [-0.25, -0.2) is 9.18 Å². The molecular weight excluding hydrogens is 243 g/mol. The van der Waals surface area contributed by atoms with E-state index in [0.717, 1.165) is 12.8 Å². The van der Waals surface area contributed by atoms with Gasteiger partial charge in [0, 0.05) is 0 Å². The van der Waals surface area contributed by atoms with E-state index in [1.165, 1.54) is 56.4 Å². The summed E-state index contributed by atoms with van der Waals surface area (Å²) in [7, 11) is 0. The maximum absolute atomic E-state index is 12.7. The summed E-state index contributed by atoms with van der Waals surface area (Å²) < 4.78 is 17.8. The third kappa shape index (κ3) is 6.94. The molecule has 0 saturated carbocycles. The fraction of sp³-hybridized carbons (Fsp3) is 0.562. The summed E-state index contributed by atoms with van der Waals surface area (Å²) in [6.07, 6.45) is 8.33. The highest BCUT2D eigenvalue weighted by Gasteiger charge is 2.06. The Hall–Kier alpha value is -1.38. The highest BCUT2D eigenvalue weighted by Crippen LogP contribution is 2.08. The van der Waals surface area contributed by atoms with Gasteiger partial charge in [0.15, 0.2) is 0 Å². The molecular formula is C16H23FO2. The van der Waals surface area contributed by atoms with Crippen LogP contribution in [-0.2, 0) is 4.74 Å². The van der Waals surface area contributed by atoms with Crippen LogP contribution in [0.2, 0.25) is 0 Å². The van der Waals surface area contributed by atoms with Crippen LogP contribution in [0, 0.1) is 5.82 Å². The molecule has 0 bridgehead atoms. The predicted octanol–water partition coefficient (Wildman–Crippen LogP) is 4.73. The lowest BCUT2D eigenvalue weighted by Crippen LogP contribution is -2.06. The Kier molecular flexibility index (Phi) is 7.87. The van der Waals surface area contributed by atoms with E-state index < -0.39 is 0 Å². The van der Waals surface area contributed by atoms with Crippen LogP contribution in [0.3, 0.4) is 0 Å². The molecule has 0 aromatic heterocycles. The molecule has 1 rings (SSSR count). The SMILES string of the molecule is CCCCCCCCCOC(=O)c1ccc(F)cc1. The van der Waals surface area contributed by atoms with Gasteiger partial charge in [-0.1, -0.05) is 45.4 Å². The van der Waals surface area contributed by atoms with Crippen LogP contribution >= 0.6 is 0 Å². The van der Waals surface area contributed by atoms with Crippen molar-refractivity contribution in [3.05, 3.63) is 35.6 Å². The Morgan fingerprint density at radius 3 is 2.21 bits per heavy atom. The molecule has 1 aromatic rings. The van der Waals surface area contributed by atoms with Crippen molar-refractivity contribution >= 4 is 5.97 Å². The molecule has 0 atom stereocenters.